The van der Waals surface area contributed by atoms with Crippen molar-refractivity contribution in [2.75, 3.05) is 7.05 Å². The number of nitro groups is 1. The summed E-state index contributed by atoms with van der Waals surface area (Å²) in [6.07, 6.45) is 1.55. The molecule has 0 saturated heterocycles. The number of rotatable bonds is 12. The van der Waals surface area contributed by atoms with E-state index < -0.39 is 44.8 Å². The van der Waals surface area contributed by atoms with E-state index in [-0.39, 0.29) is 23.4 Å². The zero-order valence-corrected chi connectivity index (χ0v) is 27.9. The van der Waals surface area contributed by atoms with Crippen LogP contribution in [0.1, 0.15) is 32.6 Å². The summed E-state index contributed by atoms with van der Waals surface area (Å²) >= 11 is 0. The van der Waals surface area contributed by atoms with E-state index >= 15 is 0 Å². The van der Waals surface area contributed by atoms with Gasteiger partial charge in [-0.25, -0.2) is 13.1 Å². The normalized spacial score (nSPS) is 12.6. The van der Waals surface area contributed by atoms with Crippen LogP contribution in [0.25, 0.3) is 10.9 Å². The SMILES string of the molecule is Cc1cc(C)cc(C(=O)N(C)[C@H](Cc2ccc([N+](=O)[O-])cc2)C(=O)N[C@@H](Cc2c[nH]c3ccccc23)C(=O)NS(=O)(=O)c2ccccc2)c1. The molecule has 12 nitrogen and oxygen atoms in total. The number of non-ortho nitro benzene ring substituents is 1. The molecule has 0 aliphatic heterocycles. The Morgan fingerprint density at radius 2 is 1.49 bits per heavy atom. The molecule has 0 spiro atoms. The number of hydrogen-bond donors (Lipinski definition) is 3. The average molecular weight is 682 g/mol. The fourth-order valence-corrected chi connectivity index (χ4v) is 6.73. The molecule has 13 heteroatoms. The van der Waals surface area contributed by atoms with Crippen molar-refractivity contribution in [1.29, 1.82) is 0 Å². The van der Waals surface area contributed by atoms with E-state index in [2.05, 4.69) is 15.0 Å². The molecular formula is C36H35N5O7S. The van der Waals surface area contributed by atoms with Gasteiger partial charge in [0.25, 0.3) is 27.5 Å². The number of likely N-dealkylation sites (N-methyl/N-ethyl adjacent to an activating group) is 1. The summed E-state index contributed by atoms with van der Waals surface area (Å²) in [5, 5.41) is 14.7. The lowest BCUT2D eigenvalue weighted by molar-refractivity contribution is -0.384. The zero-order valence-electron chi connectivity index (χ0n) is 27.0. The maximum absolute atomic E-state index is 14.2. The van der Waals surface area contributed by atoms with Crippen molar-refractivity contribution in [2.24, 2.45) is 0 Å². The molecule has 252 valence electrons. The smallest absolute Gasteiger partial charge is 0.269 e. The quantitative estimate of drug-likeness (QED) is 0.127. The van der Waals surface area contributed by atoms with Gasteiger partial charge in [0, 0.05) is 54.7 Å². The Bertz CT molecular complexity index is 2110. The third-order valence-electron chi connectivity index (χ3n) is 8.16. The van der Waals surface area contributed by atoms with Gasteiger partial charge in [-0.05, 0) is 55.3 Å². The summed E-state index contributed by atoms with van der Waals surface area (Å²) in [4.78, 5) is 56.7. The lowest BCUT2D eigenvalue weighted by Crippen LogP contribution is -2.56. The van der Waals surface area contributed by atoms with Crippen LogP contribution in [0, 0.1) is 24.0 Å². The van der Waals surface area contributed by atoms with E-state index in [1.807, 2.05) is 44.2 Å². The van der Waals surface area contributed by atoms with Crippen molar-refractivity contribution < 1.29 is 27.7 Å². The van der Waals surface area contributed by atoms with Gasteiger partial charge >= 0.3 is 0 Å². The molecule has 0 bridgehead atoms. The van der Waals surface area contributed by atoms with Crippen LogP contribution in [-0.2, 0) is 32.5 Å². The summed E-state index contributed by atoms with van der Waals surface area (Å²) < 4.78 is 28.4. The van der Waals surface area contributed by atoms with Crippen molar-refractivity contribution in [3.63, 3.8) is 0 Å². The van der Waals surface area contributed by atoms with Gasteiger partial charge in [0.2, 0.25) is 5.91 Å². The number of sulfonamides is 1. The predicted molar refractivity (Wildman–Crippen MR) is 184 cm³/mol. The number of nitrogens with one attached hydrogen (secondary N) is 3. The summed E-state index contributed by atoms with van der Waals surface area (Å²) in [6, 6.07) is 23.1. The number of aromatic amines is 1. The Kier molecular flexibility index (Phi) is 10.2. The maximum Gasteiger partial charge on any atom is 0.269 e. The van der Waals surface area contributed by atoms with E-state index in [0.717, 1.165) is 22.0 Å². The van der Waals surface area contributed by atoms with Gasteiger partial charge < -0.3 is 15.2 Å². The van der Waals surface area contributed by atoms with Gasteiger partial charge in [-0.2, -0.15) is 0 Å². The van der Waals surface area contributed by atoms with Crippen LogP contribution >= 0.6 is 0 Å². The molecule has 0 radical (unpaired) electrons. The van der Waals surface area contributed by atoms with Crippen LogP contribution in [0.4, 0.5) is 5.69 Å². The summed E-state index contributed by atoms with van der Waals surface area (Å²) in [7, 11) is -2.83. The second-order valence-corrected chi connectivity index (χ2v) is 13.5. The number of amides is 3. The highest BCUT2D eigenvalue weighted by Gasteiger charge is 2.33. The highest BCUT2D eigenvalue weighted by atomic mass is 32.2. The number of aryl methyl sites for hydroxylation is 2. The number of hydrogen-bond acceptors (Lipinski definition) is 7. The monoisotopic (exact) mass is 681 g/mol. The first-order valence-corrected chi connectivity index (χ1v) is 16.9. The molecule has 1 heterocycles. The molecule has 5 aromatic rings. The highest BCUT2D eigenvalue weighted by Crippen LogP contribution is 2.21. The minimum atomic E-state index is -4.29. The van der Waals surface area contributed by atoms with Crippen LogP contribution in [0.3, 0.4) is 0 Å². The Morgan fingerprint density at radius 3 is 2.14 bits per heavy atom. The molecule has 0 fully saturated rings. The summed E-state index contributed by atoms with van der Waals surface area (Å²) in [6.45, 7) is 3.70. The Balaban J connectivity index is 1.49. The molecule has 0 aliphatic carbocycles. The molecular weight excluding hydrogens is 646 g/mol. The van der Waals surface area contributed by atoms with Crippen LogP contribution in [0.5, 0.6) is 0 Å². The molecule has 0 unspecified atom stereocenters. The first-order valence-electron chi connectivity index (χ1n) is 15.4. The second kappa shape index (κ2) is 14.5. The largest absolute Gasteiger partial charge is 0.361 e. The van der Waals surface area contributed by atoms with E-state index in [1.165, 1.54) is 60.5 Å². The number of benzene rings is 4. The first-order chi connectivity index (χ1) is 23.3. The first kappa shape index (κ1) is 34.5. The molecule has 0 aliphatic rings. The number of fused-ring (bicyclic) bond motifs is 1. The Hall–Kier alpha value is -5.82. The topological polar surface area (TPSA) is 172 Å². The molecule has 2 atom stereocenters. The number of carbonyl (C=O) groups is 3. The van der Waals surface area contributed by atoms with Crippen LogP contribution < -0.4 is 10.0 Å². The molecule has 3 amide bonds. The van der Waals surface area contributed by atoms with E-state index in [9.17, 15) is 32.9 Å². The van der Waals surface area contributed by atoms with Gasteiger partial charge in [0.15, 0.2) is 0 Å². The molecule has 1 aromatic heterocycles. The number of H-pyrrole nitrogens is 1. The highest BCUT2D eigenvalue weighted by molar-refractivity contribution is 7.90. The third kappa shape index (κ3) is 8.19. The summed E-state index contributed by atoms with van der Waals surface area (Å²) in [5.74, 6) is -2.16. The van der Waals surface area contributed by atoms with Crippen LogP contribution in [-0.4, -0.2) is 60.1 Å². The van der Waals surface area contributed by atoms with Gasteiger partial charge in [0.05, 0.1) is 9.82 Å². The molecule has 3 N–H and O–H groups in total. The van der Waals surface area contributed by atoms with E-state index in [1.54, 1.807) is 24.4 Å². The van der Waals surface area contributed by atoms with Crippen molar-refractivity contribution in [3.05, 3.63) is 141 Å². The molecule has 49 heavy (non-hydrogen) atoms. The van der Waals surface area contributed by atoms with Crippen molar-refractivity contribution >= 4 is 44.3 Å². The fourth-order valence-electron chi connectivity index (χ4n) is 5.69. The Morgan fingerprint density at radius 1 is 0.857 bits per heavy atom. The molecule has 0 saturated carbocycles. The minimum absolute atomic E-state index is 0.0550. The molecule has 4 aromatic carbocycles. The van der Waals surface area contributed by atoms with Crippen molar-refractivity contribution in [1.82, 2.24) is 19.9 Å². The van der Waals surface area contributed by atoms with Gasteiger partial charge in [-0.3, -0.25) is 24.5 Å². The average Bonchev–Trinajstić information content (AvgIpc) is 3.48. The van der Waals surface area contributed by atoms with Gasteiger partial charge in [-0.1, -0.05) is 65.7 Å². The number of para-hydroxylation sites is 1. The lowest BCUT2D eigenvalue weighted by atomic mass is 10.00. The minimum Gasteiger partial charge on any atom is -0.361 e. The third-order valence-corrected chi connectivity index (χ3v) is 9.52. The second-order valence-electron chi connectivity index (χ2n) is 11.8. The van der Waals surface area contributed by atoms with Gasteiger partial charge in [-0.15, -0.1) is 0 Å². The van der Waals surface area contributed by atoms with Crippen LogP contribution in [0.15, 0.2) is 108 Å². The van der Waals surface area contributed by atoms with Gasteiger partial charge in [0.1, 0.15) is 12.1 Å². The number of nitrogens with zero attached hydrogens (tertiary/aromatic N) is 2. The lowest BCUT2D eigenvalue weighted by Gasteiger charge is -2.29. The maximum atomic E-state index is 14.2. The number of carbonyl (C=O) groups excluding carboxylic acids is 3. The Labute approximate surface area is 283 Å². The number of aromatic nitrogens is 1. The summed E-state index contributed by atoms with van der Waals surface area (Å²) in [5.41, 5.74) is 3.87. The van der Waals surface area contributed by atoms with Crippen molar-refractivity contribution in [3.8, 4) is 0 Å². The van der Waals surface area contributed by atoms with Crippen molar-refractivity contribution in [2.45, 2.75) is 43.7 Å². The van der Waals surface area contributed by atoms with Crippen LogP contribution in [0.2, 0.25) is 0 Å². The number of nitro benzene ring substituents is 1. The zero-order chi connectivity index (χ0) is 35.3. The van der Waals surface area contributed by atoms with E-state index in [4.69, 9.17) is 0 Å². The predicted octanol–water partition coefficient (Wildman–Crippen LogP) is 4.61. The molecule has 5 rings (SSSR count). The standard InChI is InChI=1S/C36H35N5O7S/c1-23-17-24(2)19-26(18-23)36(44)40(3)33(20-25-13-15-28(16-14-25)41(45)46)35(43)38-32(21-27-22-37-31-12-8-7-11-30(27)31)34(42)39-49(47,48)29-9-5-4-6-10-29/h4-19,22,32-33,37H,20-21H2,1-3H3,(H,38,43)(H,39,42)/t32-,33+/m0/s1. The van der Waals surface area contributed by atoms with E-state index in [0.29, 0.717) is 16.7 Å². The fraction of sp³-hybridized carbons (Fsp3) is 0.194.